The number of nitrogens with one attached hydrogen (secondary N) is 1. The fourth-order valence-corrected chi connectivity index (χ4v) is 2.83. The van der Waals surface area contributed by atoms with Crippen molar-refractivity contribution in [1.82, 2.24) is 10.2 Å². The molecule has 1 saturated heterocycles. The lowest BCUT2D eigenvalue weighted by molar-refractivity contribution is -0.168. The number of hydrogen-bond acceptors (Lipinski definition) is 3. The Morgan fingerprint density at radius 2 is 2.31 bits per heavy atom. The monoisotopic (exact) mass is 226 g/mol. The highest BCUT2D eigenvalue weighted by atomic mass is 16.5. The first-order chi connectivity index (χ1) is 7.57. The molecule has 0 spiro atoms. The number of nitrogens with zero attached hydrogens (tertiary/aromatic N) is 1. The Morgan fingerprint density at radius 1 is 1.56 bits per heavy atom. The van der Waals surface area contributed by atoms with Crippen LogP contribution in [0, 0.1) is 5.41 Å². The van der Waals surface area contributed by atoms with Gasteiger partial charge in [0.15, 0.2) is 0 Å². The molecule has 4 heteroatoms. The minimum atomic E-state index is 0.100. The van der Waals surface area contributed by atoms with E-state index in [1.165, 1.54) is 0 Å². The van der Waals surface area contributed by atoms with E-state index in [1.54, 1.807) is 0 Å². The number of amides is 1. The molecule has 2 aliphatic rings. The summed E-state index contributed by atoms with van der Waals surface area (Å²) in [5, 5.41) is 3.11. The number of hydrogen-bond donors (Lipinski definition) is 1. The maximum Gasteiger partial charge on any atom is 0.236 e. The molecule has 1 heterocycles. The van der Waals surface area contributed by atoms with E-state index < -0.39 is 0 Å². The average molecular weight is 226 g/mol. The van der Waals surface area contributed by atoms with Crippen molar-refractivity contribution in [3.63, 3.8) is 0 Å². The normalized spacial score (nSPS) is 33.7. The highest BCUT2D eigenvalue weighted by Gasteiger charge is 2.52. The predicted molar refractivity (Wildman–Crippen MR) is 62.2 cm³/mol. The first-order valence-corrected chi connectivity index (χ1v) is 6.19. The lowest BCUT2D eigenvalue weighted by Gasteiger charge is -2.56. The van der Waals surface area contributed by atoms with E-state index in [0.29, 0.717) is 18.7 Å². The zero-order valence-corrected chi connectivity index (χ0v) is 10.5. The van der Waals surface area contributed by atoms with Crippen LogP contribution in [0.3, 0.4) is 0 Å². The van der Waals surface area contributed by atoms with Gasteiger partial charge >= 0.3 is 0 Å². The van der Waals surface area contributed by atoms with Crippen LogP contribution in [-0.4, -0.2) is 49.2 Å². The molecule has 1 N–H and O–H groups in total. The fraction of sp³-hybridized carbons (Fsp3) is 0.917. The number of rotatable bonds is 3. The van der Waals surface area contributed by atoms with Gasteiger partial charge in [0.2, 0.25) is 5.91 Å². The largest absolute Gasteiger partial charge is 0.378 e. The molecule has 2 rings (SSSR count). The topological polar surface area (TPSA) is 41.6 Å². The number of carbonyl (C=O) groups is 1. The van der Waals surface area contributed by atoms with E-state index in [-0.39, 0.29) is 11.3 Å². The van der Waals surface area contributed by atoms with Crippen LogP contribution < -0.4 is 5.32 Å². The molecule has 16 heavy (non-hydrogen) atoms. The van der Waals surface area contributed by atoms with Gasteiger partial charge in [-0.2, -0.15) is 0 Å². The van der Waals surface area contributed by atoms with E-state index in [9.17, 15) is 4.79 Å². The van der Waals surface area contributed by atoms with Gasteiger partial charge in [0.1, 0.15) is 0 Å². The molecule has 4 nitrogen and oxygen atoms in total. The Labute approximate surface area is 97.3 Å². The summed E-state index contributed by atoms with van der Waals surface area (Å²) in [6, 6.07) is 0.360. The Kier molecular flexibility index (Phi) is 3.22. The van der Waals surface area contributed by atoms with Gasteiger partial charge in [-0.05, 0) is 13.3 Å². The van der Waals surface area contributed by atoms with Crippen LogP contribution in [0.15, 0.2) is 0 Å². The second-order valence-corrected chi connectivity index (χ2v) is 5.28. The molecular weight excluding hydrogens is 204 g/mol. The highest BCUT2D eigenvalue weighted by Crippen LogP contribution is 2.45. The fourth-order valence-electron chi connectivity index (χ4n) is 2.83. The van der Waals surface area contributed by atoms with Crippen molar-refractivity contribution in [2.24, 2.45) is 5.41 Å². The molecule has 1 saturated carbocycles. The van der Waals surface area contributed by atoms with Crippen LogP contribution in [0.25, 0.3) is 0 Å². The first-order valence-electron chi connectivity index (χ1n) is 6.19. The molecule has 2 fully saturated rings. The van der Waals surface area contributed by atoms with Crippen LogP contribution in [0.4, 0.5) is 0 Å². The summed E-state index contributed by atoms with van der Waals surface area (Å²) < 4.78 is 5.70. The van der Waals surface area contributed by atoms with Crippen molar-refractivity contribution in [3.8, 4) is 0 Å². The zero-order chi connectivity index (χ0) is 11.8. The average Bonchev–Trinajstić information content (AvgIpc) is 2.25. The van der Waals surface area contributed by atoms with E-state index in [2.05, 4.69) is 19.2 Å². The SMILES string of the molecule is CCOC1CC(N2CCNCC2=O)C1(C)C. The van der Waals surface area contributed by atoms with Crippen molar-refractivity contribution in [1.29, 1.82) is 0 Å². The summed E-state index contributed by atoms with van der Waals surface area (Å²) >= 11 is 0. The maximum atomic E-state index is 11.8. The van der Waals surface area contributed by atoms with Gasteiger partial charge in [-0.25, -0.2) is 0 Å². The van der Waals surface area contributed by atoms with Crippen molar-refractivity contribution in [3.05, 3.63) is 0 Å². The summed E-state index contributed by atoms with van der Waals surface area (Å²) in [7, 11) is 0. The van der Waals surface area contributed by atoms with Gasteiger partial charge in [-0.1, -0.05) is 13.8 Å². The number of carbonyl (C=O) groups excluding carboxylic acids is 1. The molecule has 2 atom stereocenters. The Bertz CT molecular complexity index is 278. The third kappa shape index (κ3) is 1.84. The molecule has 2 unspecified atom stereocenters. The van der Waals surface area contributed by atoms with E-state index in [4.69, 9.17) is 4.74 Å². The first kappa shape index (κ1) is 11.9. The Morgan fingerprint density at radius 3 is 2.88 bits per heavy atom. The molecule has 0 bridgehead atoms. The molecule has 1 amide bonds. The van der Waals surface area contributed by atoms with Crippen molar-refractivity contribution in [2.75, 3.05) is 26.2 Å². The quantitative estimate of drug-likeness (QED) is 0.767. The summed E-state index contributed by atoms with van der Waals surface area (Å²) in [6.45, 7) is 9.44. The van der Waals surface area contributed by atoms with Crippen LogP contribution >= 0.6 is 0 Å². The third-order valence-electron chi connectivity index (χ3n) is 4.00. The minimum absolute atomic E-state index is 0.100. The number of ether oxygens (including phenoxy) is 1. The van der Waals surface area contributed by atoms with Gasteiger partial charge in [-0.15, -0.1) is 0 Å². The van der Waals surface area contributed by atoms with Crippen molar-refractivity contribution >= 4 is 5.91 Å². The van der Waals surface area contributed by atoms with Crippen molar-refractivity contribution in [2.45, 2.75) is 39.3 Å². The van der Waals surface area contributed by atoms with Crippen LogP contribution in [-0.2, 0) is 9.53 Å². The minimum Gasteiger partial charge on any atom is -0.378 e. The second kappa shape index (κ2) is 4.34. The van der Waals surface area contributed by atoms with Gasteiger partial charge in [0.25, 0.3) is 0 Å². The maximum absolute atomic E-state index is 11.8. The summed E-state index contributed by atoms with van der Waals surface area (Å²) in [6.07, 6.45) is 1.30. The molecule has 92 valence electrons. The summed E-state index contributed by atoms with van der Waals surface area (Å²) in [5.74, 6) is 0.235. The molecule has 0 radical (unpaired) electrons. The lowest BCUT2D eigenvalue weighted by atomic mass is 9.63. The van der Waals surface area contributed by atoms with E-state index in [1.807, 2.05) is 11.8 Å². The lowest BCUT2D eigenvalue weighted by Crippen LogP contribution is -2.66. The van der Waals surface area contributed by atoms with Gasteiger partial charge in [0, 0.05) is 31.2 Å². The summed E-state index contributed by atoms with van der Waals surface area (Å²) in [5.41, 5.74) is 0.100. The molecule has 1 aliphatic heterocycles. The van der Waals surface area contributed by atoms with Gasteiger partial charge in [0.05, 0.1) is 12.6 Å². The molecule has 0 aromatic rings. The molecule has 0 aromatic heterocycles. The number of piperazine rings is 1. The third-order valence-corrected chi connectivity index (χ3v) is 4.00. The van der Waals surface area contributed by atoms with E-state index in [0.717, 1.165) is 26.1 Å². The van der Waals surface area contributed by atoms with Crippen LogP contribution in [0.1, 0.15) is 27.2 Å². The summed E-state index contributed by atoms with van der Waals surface area (Å²) in [4.78, 5) is 13.8. The standard InChI is InChI=1S/C12H22N2O2/c1-4-16-10-7-9(12(10,2)3)14-6-5-13-8-11(14)15/h9-10,13H,4-8H2,1-3H3. The smallest absolute Gasteiger partial charge is 0.236 e. The van der Waals surface area contributed by atoms with Crippen LogP contribution in [0.2, 0.25) is 0 Å². The highest BCUT2D eigenvalue weighted by molar-refractivity contribution is 5.79. The Hall–Kier alpha value is -0.610. The van der Waals surface area contributed by atoms with E-state index >= 15 is 0 Å². The van der Waals surface area contributed by atoms with Crippen molar-refractivity contribution < 1.29 is 9.53 Å². The zero-order valence-electron chi connectivity index (χ0n) is 10.5. The predicted octanol–water partition coefficient (Wildman–Crippen LogP) is 0.622. The van der Waals surface area contributed by atoms with Crippen LogP contribution in [0.5, 0.6) is 0 Å². The van der Waals surface area contributed by atoms with Gasteiger partial charge in [-0.3, -0.25) is 4.79 Å². The molecular formula is C12H22N2O2. The Balaban J connectivity index is 1.99. The molecule has 1 aliphatic carbocycles. The molecule has 0 aromatic carbocycles. The van der Waals surface area contributed by atoms with Gasteiger partial charge < -0.3 is 15.0 Å². The second-order valence-electron chi connectivity index (χ2n) is 5.28.